The molecule has 1 heterocycles. The fraction of sp³-hybridized carbons (Fsp3) is 0.600. The number of nitrogens with zero attached hydrogens (tertiary/aromatic N) is 1. The Kier molecular flexibility index (Phi) is 6.66. The third-order valence-electron chi connectivity index (χ3n) is 3.91. The van der Waals surface area contributed by atoms with Gasteiger partial charge >= 0.3 is 0 Å². The average Bonchev–Trinajstić information content (AvgIpc) is 2.80. The van der Waals surface area contributed by atoms with E-state index in [2.05, 4.69) is 0 Å². The van der Waals surface area contributed by atoms with E-state index in [0.29, 0.717) is 25.4 Å². The molecule has 1 aromatic carbocycles. The van der Waals surface area contributed by atoms with Crippen molar-refractivity contribution in [2.75, 3.05) is 18.8 Å². The molecule has 0 aliphatic carbocycles. The highest BCUT2D eigenvalue weighted by atomic mass is 35.5. The van der Waals surface area contributed by atoms with Gasteiger partial charge in [0.25, 0.3) is 0 Å². The summed E-state index contributed by atoms with van der Waals surface area (Å²) in [5.41, 5.74) is 7.27. The van der Waals surface area contributed by atoms with Crippen LogP contribution in [0.1, 0.15) is 31.7 Å². The van der Waals surface area contributed by atoms with Gasteiger partial charge in [0.2, 0.25) is 10.0 Å². The zero-order chi connectivity index (χ0) is 14.8. The Morgan fingerprint density at radius 2 is 1.86 bits per heavy atom. The summed E-state index contributed by atoms with van der Waals surface area (Å²) in [5, 5.41) is 0. The van der Waals surface area contributed by atoms with Gasteiger partial charge in [0.05, 0.1) is 5.75 Å². The fourth-order valence-electron chi connectivity index (χ4n) is 2.59. The molecule has 2 N–H and O–H groups in total. The molecule has 1 aliphatic rings. The summed E-state index contributed by atoms with van der Waals surface area (Å²) in [6.45, 7) is 5.02. The van der Waals surface area contributed by atoms with E-state index in [9.17, 15) is 8.42 Å². The molecule has 1 saturated heterocycles. The Labute approximate surface area is 134 Å². The second-order valence-corrected chi connectivity index (χ2v) is 8.09. The van der Waals surface area contributed by atoms with E-state index in [1.807, 2.05) is 44.2 Å². The highest BCUT2D eigenvalue weighted by Gasteiger charge is 2.37. The summed E-state index contributed by atoms with van der Waals surface area (Å²) >= 11 is 0. The molecular weight excluding hydrogens is 308 g/mol. The largest absolute Gasteiger partial charge is 0.326 e. The van der Waals surface area contributed by atoms with Gasteiger partial charge in [0.1, 0.15) is 0 Å². The smallest absolute Gasteiger partial charge is 0.214 e. The van der Waals surface area contributed by atoms with Crippen LogP contribution in [-0.2, 0) is 10.0 Å². The maximum absolute atomic E-state index is 12.3. The van der Waals surface area contributed by atoms with E-state index in [0.717, 1.165) is 5.56 Å². The Morgan fingerprint density at radius 3 is 2.43 bits per heavy atom. The van der Waals surface area contributed by atoms with Crippen LogP contribution in [0.5, 0.6) is 0 Å². The van der Waals surface area contributed by atoms with Gasteiger partial charge < -0.3 is 5.73 Å². The maximum atomic E-state index is 12.3. The van der Waals surface area contributed by atoms with Crippen LogP contribution < -0.4 is 5.73 Å². The van der Waals surface area contributed by atoms with E-state index in [-0.39, 0.29) is 30.1 Å². The monoisotopic (exact) mass is 332 g/mol. The first-order valence-electron chi connectivity index (χ1n) is 7.18. The van der Waals surface area contributed by atoms with E-state index in [1.165, 1.54) is 0 Å². The molecule has 0 spiro atoms. The van der Waals surface area contributed by atoms with Crippen molar-refractivity contribution < 1.29 is 8.42 Å². The van der Waals surface area contributed by atoms with Crippen LogP contribution in [0.2, 0.25) is 0 Å². The molecule has 21 heavy (non-hydrogen) atoms. The van der Waals surface area contributed by atoms with E-state index in [4.69, 9.17) is 5.73 Å². The van der Waals surface area contributed by atoms with Crippen molar-refractivity contribution in [2.24, 2.45) is 11.7 Å². The minimum absolute atomic E-state index is 0. The van der Waals surface area contributed by atoms with Crippen LogP contribution in [0.25, 0.3) is 0 Å². The molecule has 120 valence electrons. The molecule has 0 amide bonds. The van der Waals surface area contributed by atoms with E-state index < -0.39 is 10.0 Å². The van der Waals surface area contributed by atoms with Crippen LogP contribution in [0, 0.1) is 5.92 Å². The number of nitrogens with two attached hydrogens (primary N) is 1. The van der Waals surface area contributed by atoms with Crippen molar-refractivity contribution in [2.45, 2.75) is 32.2 Å². The number of sulfonamides is 1. The van der Waals surface area contributed by atoms with Crippen LogP contribution in [-0.4, -0.2) is 37.6 Å². The minimum Gasteiger partial charge on any atom is -0.326 e. The molecule has 6 heteroatoms. The van der Waals surface area contributed by atoms with Gasteiger partial charge in [0.15, 0.2) is 0 Å². The second kappa shape index (κ2) is 7.58. The van der Waals surface area contributed by atoms with Gasteiger partial charge in [-0.05, 0) is 17.9 Å². The SMILES string of the molecule is CC(C)CCS(=O)(=O)N1C[C@@H](N)[C@H](c2ccccc2)C1.Cl. The van der Waals surface area contributed by atoms with Gasteiger partial charge in [-0.2, -0.15) is 4.31 Å². The fourth-order valence-corrected chi connectivity index (χ4v) is 4.40. The highest BCUT2D eigenvalue weighted by molar-refractivity contribution is 7.89. The first-order valence-corrected chi connectivity index (χ1v) is 8.79. The standard InChI is InChI=1S/C15H24N2O2S.ClH/c1-12(2)8-9-20(18,19)17-10-14(15(16)11-17)13-6-4-3-5-7-13;/h3-7,12,14-15H,8-11,16H2,1-2H3;1H/t14-,15+;/m0./s1. The van der Waals surface area contributed by atoms with Gasteiger partial charge in [-0.25, -0.2) is 8.42 Å². The van der Waals surface area contributed by atoms with Gasteiger partial charge in [-0.3, -0.25) is 0 Å². The molecule has 0 aromatic heterocycles. The molecule has 1 aromatic rings. The van der Waals surface area contributed by atoms with Crippen LogP contribution in [0.15, 0.2) is 30.3 Å². The summed E-state index contributed by atoms with van der Waals surface area (Å²) in [4.78, 5) is 0. The molecule has 2 atom stereocenters. The molecule has 0 unspecified atom stereocenters. The summed E-state index contributed by atoms with van der Waals surface area (Å²) in [6, 6.07) is 9.83. The maximum Gasteiger partial charge on any atom is 0.214 e. The summed E-state index contributed by atoms with van der Waals surface area (Å²) in [5.74, 6) is 0.717. The minimum atomic E-state index is -3.18. The predicted octanol–water partition coefficient (Wildman–Crippen LogP) is 2.21. The molecule has 1 fully saturated rings. The lowest BCUT2D eigenvalue weighted by atomic mass is 9.95. The zero-order valence-electron chi connectivity index (χ0n) is 12.6. The summed E-state index contributed by atoms with van der Waals surface area (Å²) in [6.07, 6.45) is 0.698. The van der Waals surface area contributed by atoms with Gasteiger partial charge in [0, 0.05) is 25.0 Å². The van der Waals surface area contributed by atoms with Gasteiger partial charge in [-0.15, -0.1) is 12.4 Å². The van der Waals surface area contributed by atoms with Gasteiger partial charge in [-0.1, -0.05) is 44.2 Å². The molecule has 0 bridgehead atoms. The number of halogens is 1. The molecule has 1 aliphatic heterocycles. The van der Waals surface area contributed by atoms with Crippen LogP contribution in [0.4, 0.5) is 0 Å². The number of rotatable bonds is 5. The number of benzene rings is 1. The summed E-state index contributed by atoms with van der Waals surface area (Å²) in [7, 11) is -3.18. The molecule has 2 rings (SSSR count). The third-order valence-corrected chi connectivity index (χ3v) is 5.74. The van der Waals surface area contributed by atoms with Crippen molar-refractivity contribution >= 4 is 22.4 Å². The molecule has 0 saturated carbocycles. The Bertz CT molecular complexity index is 534. The van der Waals surface area contributed by atoms with Crippen molar-refractivity contribution in [1.82, 2.24) is 4.31 Å². The first kappa shape index (κ1) is 18.4. The second-order valence-electron chi connectivity index (χ2n) is 6.00. The Hall–Kier alpha value is -0.620. The zero-order valence-corrected chi connectivity index (χ0v) is 14.2. The third kappa shape index (κ3) is 4.68. The van der Waals surface area contributed by atoms with E-state index >= 15 is 0 Å². The molecule has 0 radical (unpaired) electrons. The Morgan fingerprint density at radius 1 is 1.24 bits per heavy atom. The van der Waals surface area contributed by atoms with Crippen molar-refractivity contribution in [3.8, 4) is 0 Å². The number of hydrogen-bond donors (Lipinski definition) is 1. The lowest BCUT2D eigenvalue weighted by molar-refractivity contribution is 0.463. The Balaban J connectivity index is 0.00000220. The van der Waals surface area contributed by atoms with E-state index in [1.54, 1.807) is 4.31 Å². The van der Waals surface area contributed by atoms with Crippen molar-refractivity contribution in [3.63, 3.8) is 0 Å². The average molecular weight is 333 g/mol. The quantitative estimate of drug-likeness (QED) is 0.899. The number of hydrogen-bond acceptors (Lipinski definition) is 3. The van der Waals surface area contributed by atoms with Crippen LogP contribution >= 0.6 is 12.4 Å². The topological polar surface area (TPSA) is 63.4 Å². The van der Waals surface area contributed by atoms with Crippen molar-refractivity contribution in [1.29, 1.82) is 0 Å². The lowest BCUT2D eigenvalue weighted by Crippen LogP contribution is -2.34. The summed E-state index contributed by atoms with van der Waals surface area (Å²) < 4.78 is 26.2. The molecule has 4 nitrogen and oxygen atoms in total. The lowest BCUT2D eigenvalue weighted by Gasteiger charge is -2.17. The predicted molar refractivity (Wildman–Crippen MR) is 89.2 cm³/mol. The van der Waals surface area contributed by atoms with Crippen molar-refractivity contribution in [3.05, 3.63) is 35.9 Å². The first-order chi connectivity index (χ1) is 9.40. The van der Waals surface area contributed by atoms with Crippen LogP contribution in [0.3, 0.4) is 0 Å². The normalized spacial score (nSPS) is 23.2. The highest BCUT2D eigenvalue weighted by Crippen LogP contribution is 2.28. The molecular formula is C15H25ClN2O2S.